The summed E-state index contributed by atoms with van der Waals surface area (Å²) in [6, 6.07) is 0. The zero-order valence-corrected chi connectivity index (χ0v) is 5.40. The van der Waals surface area contributed by atoms with Gasteiger partial charge in [0.15, 0.2) is 5.78 Å². The van der Waals surface area contributed by atoms with Gasteiger partial charge in [-0.05, 0) is 18.4 Å². The van der Waals surface area contributed by atoms with Gasteiger partial charge in [-0.25, -0.2) is 0 Å². The maximum atomic E-state index is 10.6. The lowest BCUT2D eigenvalue weighted by Crippen LogP contribution is -1.96. The molecule has 0 fully saturated rings. The van der Waals surface area contributed by atoms with Crippen molar-refractivity contribution in [3.05, 3.63) is 18.2 Å². The summed E-state index contributed by atoms with van der Waals surface area (Å²) >= 11 is 0. The Morgan fingerprint density at radius 1 is 1.89 bits per heavy atom. The highest BCUT2D eigenvalue weighted by Crippen LogP contribution is 1.96. The Labute approximate surface area is 54.4 Å². The van der Waals surface area contributed by atoms with Crippen LogP contribution in [0.4, 0.5) is 0 Å². The molecule has 0 radical (unpaired) electrons. The van der Waals surface area contributed by atoms with E-state index in [0.717, 1.165) is 0 Å². The van der Waals surface area contributed by atoms with Gasteiger partial charge in [0.2, 0.25) is 0 Å². The number of rotatable bonds is 3. The lowest BCUT2D eigenvalue weighted by molar-refractivity contribution is -0.111. The van der Waals surface area contributed by atoms with Crippen molar-refractivity contribution in [2.75, 3.05) is 0 Å². The van der Waals surface area contributed by atoms with E-state index >= 15 is 0 Å². The molecule has 0 heterocycles. The summed E-state index contributed by atoms with van der Waals surface area (Å²) in [4.78, 5) is 10.6. The first kappa shape index (κ1) is 7.86. The van der Waals surface area contributed by atoms with Crippen LogP contribution < -0.4 is 0 Å². The number of nitrogens with one attached hydrogen (secondary N) is 1. The number of hydrogen-bond acceptors (Lipinski definition) is 2. The quantitative estimate of drug-likeness (QED) is 0.446. The Kier molecular flexibility index (Phi) is 3.33. The van der Waals surface area contributed by atoms with Gasteiger partial charge in [-0.2, -0.15) is 0 Å². The molecule has 0 aromatic rings. The molecule has 0 aromatic carbocycles. The Morgan fingerprint density at radius 3 is 2.56 bits per heavy atom. The molecule has 0 aliphatic rings. The molecule has 0 saturated carbocycles. The Balaban J connectivity index is 4.32. The minimum absolute atomic E-state index is 0.201. The van der Waals surface area contributed by atoms with Gasteiger partial charge in [0.1, 0.15) is 0 Å². The van der Waals surface area contributed by atoms with Crippen molar-refractivity contribution in [2.45, 2.75) is 13.3 Å². The van der Waals surface area contributed by atoms with Crippen molar-refractivity contribution >= 4 is 11.7 Å². The molecule has 2 nitrogen and oxygen atoms in total. The van der Waals surface area contributed by atoms with Gasteiger partial charge in [0, 0.05) is 0 Å². The van der Waals surface area contributed by atoms with Crippen LogP contribution in [0.3, 0.4) is 0 Å². The zero-order valence-electron chi connectivity index (χ0n) is 5.40. The maximum Gasteiger partial charge on any atom is 0.190 e. The van der Waals surface area contributed by atoms with Crippen LogP contribution in [0.25, 0.3) is 0 Å². The normalized spacial score (nSPS) is 7.67. The molecule has 9 heavy (non-hydrogen) atoms. The van der Waals surface area contributed by atoms with Crippen LogP contribution in [0.5, 0.6) is 0 Å². The highest BCUT2D eigenvalue weighted by atomic mass is 16.1. The van der Waals surface area contributed by atoms with Gasteiger partial charge < -0.3 is 0 Å². The molecular weight excluding hydrogens is 114 g/mol. The molecule has 0 amide bonds. The molecule has 0 saturated heterocycles. The third kappa shape index (κ3) is 2.06. The van der Waals surface area contributed by atoms with E-state index in [-0.39, 0.29) is 5.78 Å². The smallest absolute Gasteiger partial charge is 0.190 e. The summed E-state index contributed by atoms with van der Waals surface area (Å²) in [6.07, 6.45) is 1.74. The third-order valence-electron chi connectivity index (χ3n) is 0.987. The minimum Gasteiger partial charge on any atom is -0.289 e. The standard InChI is InChI=1S/C7H9NO/c1-3-6(5-8)7(9)4-2/h4,8H,2-3H2,1H3. The number of allylic oxidation sites excluding steroid dienone is 2. The number of carbonyl (C=O) groups is 1. The van der Waals surface area contributed by atoms with Gasteiger partial charge in [0.05, 0.1) is 5.57 Å². The Bertz CT molecular complexity index is 175. The fourth-order valence-corrected chi connectivity index (χ4v) is 0.447. The summed E-state index contributed by atoms with van der Waals surface area (Å²) in [5.74, 6) is 1.85. The largest absolute Gasteiger partial charge is 0.289 e. The molecule has 48 valence electrons. The summed E-state index contributed by atoms with van der Waals surface area (Å²) in [5, 5.41) is 6.64. The van der Waals surface area contributed by atoms with Gasteiger partial charge in [-0.15, -0.1) is 0 Å². The van der Waals surface area contributed by atoms with Crippen molar-refractivity contribution in [3.63, 3.8) is 0 Å². The molecule has 0 atom stereocenters. The molecule has 0 rings (SSSR count). The highest BCUT2D eigenvalue weighted by Gasteiger charge is 1.99. The molecule has 0 aliphatic carbocycles. The first-order valence-electron chi connectivity index (χ1n) is 2.71. The molecular formula is C7H9NO. The van der Waals surface area contributed by atoms with Gasteiger partial charge >= 0.3 is 0 Å². The van der Waals surface area contributed by atoms with E-state index in [1.165, 1.54) is 6.08 Å². The van der Waals surface area contributed by atoms with E-state index in [1.54, 1.807) is 6.92 Å². The number of hydrogen-bond donors (Lipinski definition) is 1. The van der Waals surface area contributed by atoms with Crippen molar-refractivity contribution in [1.29, 1.82) is 5.41 Å². The third-order valence-corrected chi connectivity index (χ3v) is 0.987. The van der Waals surface area contributed by atoms with Crippen LogP contribution >= 0.6 is 0 Å². The van der Waals surface area contributed by atoms with E-state index in [2.05, 4.69) is 6.58 Å². The molecule has 1 N–H and O–H groups in total. The first-order chi connectivity index (χ1) is 4.26. The predicted octanol–water partition coefficient (Wildman–Crippen LogP) is 1.33. The summed E-state index contributed by atoms with van der Waals surface area (Å²) in [6.45, 7) is 5.09. The molecule has 0 aliphatic heterocycles. The number of carbonyl (C=O) groups excluding carboxylic acids is 1. The molecule has 0 bridgehead atoms. The second-order valence-corrected chi connectivity index (χ2v) is 1.53. The Morgan fingerprint density at radius 2 is 2.44 bits per heavy atom. The van der Waals surface area contributed by atoms with Crippen LogP contribution in [0, 0.1) is 5.41 Å². The van der Waals surface area contributed by atoms with Crippen LogP contribution in [-0.2, 0) is 4.79 Å². The van der Waals surface area contributed by atoms with Crippen LogP contribution in [-0.4, -0.2) is 11.7 Å². The topological polar surface area (TPSA) is 40.9 Å². The lowest BCUT2D eigenvalue weighted by Gasteiger charge is -1.89. The van der Waals surface area contributed by atoms with E-state index in [4.69, 9.17) is 5.41 Å². The van der Waals surface area contributed by atoms with E-state index in [1.807, 2.05) is 5.87 Å². The number of ketones is 1. The van der Waals surface area contributed by atoms with Gasteiger partial charge in [0.25, 0.3) is 0 Å². The molecule has 0 aromatic heterocycles. The monoisotopic (exact) mass is 123 g/mol. The van der Waals surface area contributed by atoms with Crippen molar-refractivity contribution in [1.82, 2.24) is 0 Å². The van der Waals surface area contributed by atoms with Crippen molar-refractivity contribution in [2.24, 2.45) is 0 Å². The second kappa shape index (κ2) is 3.81. The van der Waals surface area contributed by atoms with E-state index in [9.17, 15) is 4.79 Å². The van der Waals surface area contributed by atoms with E-state index < -0.39 is 0 Å². The summed E-state index contributed by atoms with van der Waals surface area (Å²) in [7, 11) is 0. The summed E-state index contributed by atoms with van der Waals surface area (Å²) < 4.78 is 0. The van der Waals surface area contributed by atoms with Crippen molar-refractivity contribution in [3.8, 4) is 0 Å². The fourth-order valence-electron chi connectivity index (χ4n) is 0.447. The SMILES string of the molecule is C=CC(=O)C(=C=N)CC. The average Bonchev–Trinajstić information content (AvgIpc) is 1.90. The van der Waals surface area contributed by atoms with Gasteiger partial charge in [-0.1, -0.05) is 13.5 Å². The Hall–Kier alpha value is -1.14. The van der Waals surface area contributed by atoms with Crippen molar-refractivity contribution < 1.29 is 4.79 Å². The molecule has 0 unspecified atom stereocenters. The van der Waals surface area contributed by atoms with E-state index in [0.29, 0.717) is 12.0 Å². The van der Waals surface area contributed by atoms with Gasteiger partial charge in [-0.3, -0.25) is 10.2 Å². The van der Waals surface area contributed by atoms with Crippen LogP contribution in [0.1, 0.15) is 13.3 Å². The fraction of sp³-hybridized carbons (Fsp3) is 0.286. The lowest BCUT2D eigenvalue weighted by atomic mass is 10.1. The molecule has 0 spiro atoms. The first-order valence-corrected chi connectivity index (χ1v) is 2.71. The minimum atomic E-state index is -0.201. The second-order valence-electron chi connectivity index (χ2n) is 1.53. The average molecular weight is 123 g/mol. The van der Waals surface area contributed by atoms with Crippen LogP contribution in [0.2, 0.25) is 0 Å². The van der Waals surface area contributed by atoms with Crippen LogP contribution in [0.15, 0.2) is 18.2 Å². The zero-order chi connectivity index (χ0) is 7.28. The highest BCUT2D eigenvalue weighted by molar-refractivity contribution is 6.09. The predicted molar refractivity (Wildman–Crippen MR) is 36.7 cm³/mol. The molecule has 2 heteroatoms. The maximum absolute atomic E-state index is 10.6. The summed E-state index contributed by atoms with van der Waals surface area (Å²) in [5.41, 5.74) is 0.380.